The zero-order valence-electron chi connectivity index (χ0n) is 9.11. The lowest BCUT2D eigenvalue weighted by molar-refractivity contribution is 0.951. The standard InChI is InChI=1S/C15H14N/c16-10-15-13-7-3-1-5-11(13)9-12-6-2-4-8-14(12)15/h1-8H,9-10,16H2. The van der Waals surface area contributed by atoms with E-state index in [0.717, 1.165) is 6.42 Å². The summed E-state index contributed by atoms with van der Waals surface area (Å²) in [5.41, 5.74) is 11.3. The molecule has 1 aliphatic carbocycles. The van der Waals surface area contributed by atoms with Crippen LogP contribution in [-0.2, 0) is 6.42 Å². The van der Waals surface area contributed by atoms with Crippen LogP contribution in [-0.4, -0.2) is 6.54 Å². The third-order valence-electron chi connectivity index (χ3n) is 3.27. The monoisotopic (exact) mass is 208 g/mol. The minimum absolute atomic E-state index is 0.605. The van der Waals surface area contributed by atoms with Crippen molar-refractivity contribution in [2.24, 2.45) is 5.73 Å². The average Bonchev–Trinajstić information content (AvgIpc) is 2.36. The second-order valence-electron chi connectivity index (χ2n) is 4.17. The molecule has 0 atom stereocenters. The Bertz CT molecular complexity index is 471. The van der Waals surface area contributed by atoms with E-state index in [1.807, 2.05) is 0 Å². The first kappa shape index (κ1) is 9.61. The summed E-state index contributed by atoms with van der Waals surface area (Å²) in [4.78, 5) is 0. The molecule has 0 unspecified atom stereocenters. The molecule has 0 fully saturated rings. The minimum Gasteiger partial charge on any atom is -0.329 e. The molecule has 1 heteroatoms. The fourth-order valence-electron chi connectivity index (χ4n) is 2.51. The summed E-state index contributed by atoms with van der Waals surface area (Å²) in [6, 6.07) is 17.1. The maximum atomic E-state index is 5.90. The minimum atomic E-state index is 0.605. The van der Waals surface area contributed by atoms with Crippen LogP contribution in [0.25, 0.3) is 0 Å². The summed E-state index contributed by atoms with van der Waals surface area (Å²) in [5.74, 6) is 1.28. The molecule has 0 bridgehead atoms. The molecule has 0 aliphatic heterocycles. The van der Waals surface area contributed by atoms with Gasteiger partial charge in [-0.15, -0.1) is 0 Å². The summed E-state index contributed by atoms with van der Waals surface area (Å²) in [6.45, 7) is 0.605. The van der Waals surface area contributed by atoms with Gasteiger partial charge in [-0.2, -0.15) is 0 Å². The number of benzene rings is 2. The highest BCUT2D eigenvalue weighted by Gasteiger charge is 2.23. The highest BCUT2D eigenvalue weighted by molar-refractivity contribution is 5.58. The van der Waals surface area contributed by atoms with Crippen molar-refractivity contribution in [3.05, 3.63) is 76.7 Å². The zero-order valence-corrected chi connectivity index (χ0v) is 9.11. The zero-order chi connectivity index (χ0) is 11.0. The van der Waals surface area contributed by atoms with Crippen LogP contribution in [0.3, 0.4) is 0 Å². The van der Waals surface area contributed by atoms with E-state index in [2.05, 4.69) is 48.5 Å². The van der Waals surface area contributed by atoms with Gasteiger partial charge in [-0.3, -0.25) is 0 Å². The quantitative estimate of drug-likeness (QED) is 0.765. The Hall–Kier alpha value is -1.60. The van der Waals surface area contributed by atoms with Gasteiger partial charge in [0.1, 0.15) is 0 Å². The van der Waals surface area contributed by atoms with Crippen LogP contribution in [0.1, 0.15) is 22.3 Å². The molecule has 0 heterocycles. The van der Waals surface area contributed by atoms with Crippen molar-refractivity contribution in [1.29, 1.82) is 0 Å². The van der Waals surface area contributed by atoms with Crippen molar-refractivity contribution >= 4 is 0 Å². The van der Waals surface area contributed by atoms with Gasteiger partial charge >= 0.3 is 0 Å². The lowest BCUT2D eigenvalue weighted by Gasteiger charge is -2.26. The van der Waals surface area contributed by atoms with Gasteiger partial charge in [0.05, 0.1) is 0 Å². The molecule has 1 nitrogen and oxygen atoms in total. The van der Waals surface area contributed by atoms with Gasteiger partial charge < -0.3 is 5.73 Å². The highest BCUT2D eigenvalue weighted by Crippen LogP contribution is 2.34. The normalized spacial score (nSPS) is 14.3. The van der Waals surface area contributed by atoms with E-state index >= 15 is 0 Å². The molecule has 0 spiro atoms. The molecule has 79 valence electrons. The van der Waals surface area contributed by atoms with Crippen LogP contribution in [0.15, 0.2) is 48.5 Å². The Morgan fingerprint density at radius 2 is 1.31 bits per heavy atom. The largest absolute Gasteiger partial charge is 0.329 e. The maximum absolute atomic E-state index is 5.90. The summed E-state index contributed by atoms with van der Waals surface area (Å²) in [7, 11) is 0. The van der Waals surface area contributed by atoms with Crippen molar-refractivity contribution in [2.45, 2.75) is 6.42 Å². The van der Waals surface area contributed by atoms with Crippen LogP contribution < -0.4 is 5.73 Å². The second kappa shape index (κ2) is 3.76. The molecular weight excluding hydrogens is 194 g/mol. The van der Waals surface area contributed by atoms with Gasteiger partial charge in [-0.25, -0.2) is 0 Å². The fraction of sp³-hybridized carbons (Fsp3) is 0.133. The predicted molar refractivity (Wildman–Crippen MR) is 66.2 cm³/mol. The average molecular weight is 208 g/mol. The van der Waals surface area contributed by atoms with Crippen molar-refractivity contribution < 1.29 is 0 Å². The van der Waals surface area contributed by atoms with Crippen LogP contribution in [0.4, 0.5) is 0 Å². The molecule has 2 N–H and O–H groups in total. The van der Waals surface area contributed by atoms with Gasteiger partial charge in [0.25, 0.3) is 0 Å². The first-order valence-corrected chi connectivity index (χ1v) is 5.62. The van der Waals surface area contributed by atoms with Crippen LogP contribution in [0.2, 0.25) is 0 Å². The van der Waals surface area contributed by atoms with Gasteiger partial charge in [0.2, 0.25) is 0 Å². The highest BCUT2D eigenvalue weighted by atomic mass is 14.6. The maximum Gasteiger partial charge on any atom is 0.0480 e. The SMILES string of the molecule is NC[C]1c2ccccc2Cc2ccccc21. The Labute approximate surface area is 95.9 Å². The smallest absolute Gasteiger partial charge is 0.0480 e. The lowest BCUT2D eigenvalue weighted by atomic mass is 9.78. The van der Waals surface area contributed by atoms with Gasteiger partial charge in [-0.05, 0) is 28.7 Å². The molecule has 1 aliphatic rings. The van der Waals surface area contributed by atoms with Crippen molar-refractivity contribution in [1.82, 2.24) is 0 Å². The van der Waals surface area contributed by atoms with E-state index in [1.165, 1.54) is 28.2 Å². The lowest BCUT2D eigenvalue weighted by Crippen LogP contribution is -2.21. The molecule has 1 radical (unpaired) electrons. The third-order valence-corrected chi connectivity index (χ3v) is 3.27. The second-order valence-corrected chi connectivity index (χ2v) is 4.17. The third kappa shape index (κ3) is 1.36. The first-order valence-electron chi connectivity index (χ1n) is 5.62. The van der Waals surface area contributed by atoms with Gasteiger partial charge in [0.15, 0.2) is 0 Å². The molecule has 0 saturated carbocycles. The molecule has 0 amide bonds. The van der Waals surface area contributed by atoms with E-state index in [9.17, 15) is 0 Å². The van der Waals surface area contributed by atoms with E-state index < -0.39 is 0 Å². The van der Waals surface area contributed by atoms with Gasteiger partial charge in [-0.1, -0.05) is 48.5 Å². The molecule has 0 aromatic heterocycles. The van der Waals surface area contributed by atoms with E-state index in [1.54, 1.807) is 0 Å². The van der Waals surface area contributed by atoms with Crippen molar-refractivity contribution in [3.8, 4) is 0 Å². The molecule has 2 aromatic rings. The predicted octanol–water partition coefficient (Wildman–Crippen LogP) is 2.52. The molecular formula is C15H14N. The summed E-state index contributed by atoms with van der Waals surface area (Å²) in [6.07, 6.45) is 1.02. The van der Waals surface area contributed by atoms with E-state index in [-0.39, 0.29) is 0 Å². The van der Waals surface area contributed by atoms with Crippen molar-refractivity contribution in [2.75, 3.05) is 6.54 Å². The number of nitrogens with two attached hydrogens (primary N) is 1. The summed E-state index contributed by atoms with van der Waals surface area (Å²) < 4.78 is 0. The van der Waals surface area contributed by atoms with E-state index in [4.69, 9.17) is 5.73 Å². The topological polar surface area (TPSA) is 26.0 Å². The number of rotatable bonds is 1. The number of fused-ring (bicyclic) bond motifs is 2. The van der Waals surface area contributed by atoms with Gasteiger partial charge in [0, 0.05) is 12.5 Å². The summed E-state index contributed by atoms with van der Waals surface area (Å²) >= 11 is 0. The van der Waals surface area contributed by atoms with Crippen LogP contribution in [0.5, 0.6) is 0 Å². The number of hydrogen-bond donors (Lipinski definition) is 1. The summed E-state index contributed by atoms with van der Waals surface area (Å²) in [5, 5.41) is 0. The molecule has 3 rings (SSSR count). The molecule has 0 saturated heterocycles. The molecule has 16 heavy (non-hydrogen) atoms. The van der Waals surface area contributed by atoms with E-state index in [0.29, 0.717) is 6.54 Å². The Balaban J connectivity index is 2.19. The Kier molecular flexibility index (Phi) is 2.26. The fourth-order valence-corrected chi connectivity index (χ4v) is 2.51. The Morgan fingerprint density at radius 3 is 1.81 bits per heavy atom. The van der Waals surface area contributed by atoms with Crippen LogP contribution >= 0.6 is 0 Å². The number of hydrogen-bond acceptors (Lipinski definition) is 1. The first-order chi connectivity index (χ1) is 7.90. The Morgan fingerprint density at radius 1 is 0.812 bits per heavy atom. The van der Waals surface area contributed by atoms with Crippen LogP contribution in [0, 0.1) is 5.92 Å². The molecule has 2 aromatic carbocycles. The van der Waals surface area contributed by atoms with Crippen molar-refractivity contribution in [3.63, 3.8) is 0 Å².